The van der Waals surface area contributed by atoms with Crippen molar-refractivity contribution in [2.45, 2.75) is 19.8 Å². The van der Waals surface area contributed by atoms with Crippen molar-refractivity contribution in [2.24, 2.45) is 5.41 Å². The molecule has 1 aliphatic rings. The Hall–Kier alpha value is 0.120. The van der Waals surface area contributed by atoms with Gasteiger partial charge in [0.15, 0.2) is 0 Å². The maximum absolute atomic E-state index is 11.5. The van der Waals surface area contributed by atoms with E-state index in [-0.39, 0.29) is 17.8 Å². The molecule has 0 unspecified atom stereocenters. The molecule has 1 heterocycles. The molecule has 5 nitrogen and oxygen atoms in total. The summed E-state index contributed by atoms with van der Waals surface area (Å²) in [5.41, 5.74) is 0.0916. The van der Waals surface area contributed by atoms with E-state index >= 15 is 0 Å². The van der Waals surface area contributed by atoms with E-state index in [1.807, 2.05) is 0 Å². The van der Waals surface area contributed by atoms with Crippen molar-refractivity contribution < 1.29 is 8.42 Å². The van der Waals surface area contributed by atoms with Crippen LogP contribution in [-0.2, 0) is 10.2 Å². The molecule has 0 radical (unpaired) electrons. The first-order valence-electron chi connectivity index (χ1n) is 5.24. The summed E-state index contributed by atoms with van der Waals surface area (Å²) in [4.78, 5) is 0. The molecule has 0 aromatic carbocycles. The average Bonchev–Trinajstić information content (AvgIpc) is 2.16. The van der Waals surface area contributed by atoms with Gasteiger partial charge in [0, 0.05) is 20.6 Å². The zero-order chi connectivity index (χ0) is 11.5. The zero-order valence-corrected chi connectivity index (χ0v) is 11.7. The van der Waals surface area contributed by atoms with Gasteiger partial charge in [-0.1, -0.05) is 6.92 Å². The maximum Gasteiger partial charge on any atom is 0.278 e. The molecule has 2 N–H and O–H groups in total. The van der Waals surface area contributed by atoms with Crippen LogP contribution in [0.5, 0.6) is 0 Å². The number of rotatable bonds is 4. The predicted octanol–water partition coefficient (Wildman–Crippen LogP) is 0.194. The highest BCUT2D eigenvalue weighted by Crippen LogP contribution is 2.26. The normalized spacial score (nSPS) is 20.5. The number of hydrogen-bond donors (Lipinski definition) is 2. The predicted molar refractivity (Wildman–Crippen MR) is 68.1 cm³/mol. The highest BCUT2D eigenvalue weighted by molar-refractivity contribution is 7.87. The van der Waals surface area contributed by atoms with E-state index in [0.29, 0.717) is 6.54 Å². The van der Waals surface area contributed by atoms with Crippen molar-refractivity contribution in [2.75, 3.05) is 33.7 Å². The van der Waals surface area contributed by atoms with Crippen LogP contribution in [0, 0.1) is 5.41 Å². The molecule has 1 aliphatic heterocycles. The maximum atomic E-state index is 11.5. The van der Waals surface area contributed by atoms with E-state index in [4.69, 9.17) is 0 Å². The van der Waals surface area contributed by atoms with Gasteiger partial charge in [0.25, 0.3) is 10.2 Å². The highest BCUT2D eigenvalue weighted by Gasteiger charge is 2.28. The Morgan fingerprint density at radius 2 is 1.81 bits per heavy atom. The second kappa shape index (κ2) is 6.16. The summed E-state index contributed by atoms with van der Waals surface area (Å²) in [6.45, 7) is 4.60. The molecule has 0 aliphatic carbocycles. The minimum Gasteiger partial charge on any atom is -0.317 e. The van der Waals surface area contributed by atoms with Gasteiger partial charge in [-0.15, -0.1) is 12.4 Å². The van der Waals surface area contributed by atoms with Crippen LogP contribution in [0.3, 0.4) is 0 Å². The largest absolute Gasteiger partial charge is 0.317 e. The molecule has 1 saturated heterocycles. The molecular formula is C9H22ClN3O2S. The second-order valence-electron chi connectivity index (χ2n) is 4.67. The van der Waals surface area contributed by atoms with Crippen LogP contribution in [0.2, 0.25) is 0 Å². The van der Waals surface area contributed by atoms with Gasteiger partial charge in [-0.05, 0) is 31.3 Å². The van der Waals surface area contributed by atoms with Crippen LogP contribution in [0.15, 0.2) is 0 Å². The lowest BCUT2D eigenvalue weighted by molar-refractivity contribution is 0.231. The summed E-state index contributed by atoms with van der Waals surface area (Å²) in [6.07, 6.45) is 2.03. The van der Waals surface area contributed by atoms with Gasteiger partial charge in [-0.25, -0.2) is 4.72 Å². The molecule has 0 aromatic heterocycles. The molecular weight excluding hydrogens is 250 g/mol. The first kappa shape index (κ1) is 16.1. The molecule has 0 saturated carbocycles. The molecule has 16 heavy (non-hydrogen) atoms. The minimum absolute atomic E-state index is 0. The van der Waals surface area contributed by atoms with E-state index < -0.39 is 10.2 Å². The van der Waals surface area contributed by atoms with Crippen molar-refractivity contribution in [3.8, 4) is 0 Å². The molecule has 0 atom stereocenters. The minimum atomic E-state index is -3.27. The van der Waals surface area contributed by atoms with Crippen LogP contribution in [0.4, 0.5) is 0 Å². The van der Waals surface area contributed by atoms with Gasteiger partial charge in [0.2, 0.25) is 0 Å². The highest BCUT2D eigenvalue weighted by atomic mass is 35.5. The molecule has 98 valence electrons. The fourth-order valence-electron chi connectivity index (χ4n) is 1.60. The van der Waals surface area contributed by atoms with E-state index in [0.717, 1.165) is 25.9 Å². The number of nitrogens with zero attached hydrogens (tertiary/aromatic N) is 1. The fourth-order valence-corrected chi connectivity index (χ4v) is 2.39. The third kappa shape index (κ3) is 4.55. The Kier molecular flexibility index (Phi) is 6.21. The monoisotopic (exact) mass is 271 g/mol. The van der Waals surface area contributed by atoms with Gasteiger partial charge in [-0.2, -0.15) is 12.7 Å². The van der Waals surface area contributed by atoms with Crippen LogP contribution >= 0.6 is 12.4 Å². The number of hydrogen-bond acceptors (Lipinski definition) is 3. The first-order valence-corrected chi connectivity index (χ1v) is 6.68. The quantitative estimate of drug-likeness (QED) is 0.768. The number of nitrogens with one attached hydrogen (secondary N) is 2. The molecule has 7 heteroatoms. The van der Waals surface area contributed by atoms with E-state index in [1.54, 1.807) is 0 Å². The molecule has 0 amide bonds. The summed E-state index contributed by atoms with van der Waals surface area (Å²) in [5.74, 6) is 0. The van der Waals surface area contributed by atoms with Gasteiger partial charge >= 0.3 is 0 Å². The van der Waals surface area contributed by atoms with Crippen LogP contribution in [0.1, 0.15) is 19.8 Å². The van der Waals surface area contributed by atoms with Gasteiger partial charge in [0.05, 0.1) is 0 Å². The van der Waals surface area contributed by atoms with Crippen LogP contribution < -0.4 is 10.0 Å². The Bertz CT molecular complexity index is 300. The van der Waals surface area contributed by atoms with Crippen LogP contribution in [-0.4, -0.2) is 46.5 Å². The summed E-state index contributed by atoms with van der Waals surface area (Å²) in [7, 11) is -0.203. The molecule has 0 aromatic rings. The van der Waals surface area contributed by atoms with Gasteiger partial charge in [-0.3, -0.25) is 0 Å². The smallest absolute Gasteiger partial charge is 0.278 e. The second-order valence-corrected chi connectivity index (χ2v) is 6.64. The topological polar surface area (TPSA) is 61.4 Å². The summed E-state index contributed by atoms with van der Waals surface area (Å²) in [6, 6.07) is 0. The zero-order valence-electron chi connectivity index (χ0n) is 10.1. The lowest BCUT2D eigenvalue weighted by Crippen LogP contribution is -2.45. The Balaban J connectivity index is 0.00000225. The fraction of sp³-hybridized carbons (Fsp3) is 1.00. The van der Waals surface area contributed by atoms with E-state index in [2.05, 4.69) is 17.0 Å². The van der Waals surface area contributed by atoms with Crippen LogP contribution in [0.25, 0.3) is 0 Å². The van der Waals surface area contributed by atoms with Crippen molar-refractivity contribution in [3.63, 3.8) is 0 Å². The third-order valence-electron chi connectivity index (χ3n) is 2.97. The van der Waals surface area contributed by atoms with E-state index in [9.17, 15) is 8.42 Å². The van der Waals surface area contributed by atoms with E-state index in [1.165, 1.54) is 18.4 Å². The Labute approximate surface area is 105 Å². The number of halogens is 1. The Morgan fingerprint density at radius 3 is 2.25 bits per heavy atom. The summed E-state index contributed by atoms with van der Waals surface area (Å²) >= 11 is 0. The lowest BCUT2D eigenvalue weighted by Gasteiger charge is -2.34. The third-order valence-corrected chi connectivity index (χ3v) is 4.44. The first-order chi connectivity index (χ1) is 6.86. The SMILES string of the molecule is CN(C)S(=O)(=O)NCC1(C)CCNCC1.Cl. The molecule has 1 fully saturated rings. The number of piperidine rings is 1. The van der Waals surface area contributed by atoms with Gasteiger partial charge in [0.1, 0.15) is 0 Å². The van der Waals surface area contributed by atoms with Crippen molar-refractivity contribution in [1.29, 1.82) is 0 Å². The standard InChI is InChI=1S/C9H21N3O2S.ClH/c1-9(4-6-10-7-5-9)8-11-15(13,14)12(2)3;/h10-11H,4-8H2,1-3H3;1H. The molecule has 0 spiro atoms. The summed E-state index contributed by atoms with van der Waals surface area (Å²) in [5, 5.41) is 3.27. The lowest BCUT2D eigenvalue weighted by atomic mass is 9.81. The molecule has 1 rings (SSSR count). The van der Waals surface area contributed by atoms with Crippen molar-refractivity contribution in [3.05, 3.63) is 0 Å². The van der Waals surface area contributed by atoms with Gasteiger partial charge < -0.3 is 5.32 Å². The van der Waals surface area contributed by atoms with Crippen molar-refractivity contribution in [1.82, 2.24) is 14.3 Å². The average molecular weight is 272 g/mol. The molecule has 0 bridgehead atoms. The Morgan fingerprint density at radius 1 is 1.31 bits per heavy atom. The van der Waals surface area contributed by atoms with Crippen molar-refractivity contribution >= 4 is 22.6 Å². The summed E-state index contributed by atoms with van der Waals surface area (Å²) < 4.78 is 26.9.